The van der Waals surface area contributed by atoms with E-state index >= 15 is 0 Å². The van der Waals surface area contributed by atoms with E-state index in [0.29, 0.717) is 5.92 Å². The van der Waals surface area contributed by atoms with Crippen molar-refractivity contribution in [1.29, 1.82) is 0 Å². The third-order valence-corrected chi connectivity index (χ3v) is 16.6. The second-order valence-electron chi connectivity index (χ2n) is 24.9. The number of aryl methyl sites for hydroxylation is 16. The molecule has 0 fully saturated rings. The molecule has 0 saturated carbocycles. The minimum atomic E-state index is 0.648. The van der Waals surface area contributed by atoms with Gasteiger partial charge in [-0.25, -0.2) is 0 Å². The number of nitrogens with zero attached hydrogens (tertiary/aromatic N) is 3. The van der Waals surface area contributed by atoms with Crippen LogP contribution in [0.15, 0.2) is 190 Å². The molecule has 0 spiro atoms. The molecule has 0 unspecified atom stereocenters. The number of anilines is 3. The molecule has 8 rings (SSSR count). The van der Waals surface area contributed by atoms with E-state index in [4.69, 9.17) is 44.3 Å². The molecule has 0 radical (unpaired) electrons. The maximum absolute atomic E-state index is 5.83. The van der Waals surface area contributed by atoms with Crippen LogP contribution in [0.1, 0.15) is 141 Å². The van der Waals surface area contributed by atoms with E-state index in [1.807, 2.05) is 101 Å². The molecule has 0 N–H and O–H groups in total. The first kappa shape index (κ1) is 85.6. The number of halogens is 3. The molecule has 8 aromatic carbocycles. The number of hydrogen-bond donors (Lipinski definition) is 0. The van der Waals surface area contributed by atoms with Crippen LogP contribution in [0.2, 0.25) is 15.1 Å². The fraction of sp³-hybridized carbons (Fsp3) is 0.356. The van der Waals surface area contributed by atoms with Crippen molar-refractivity contribution in [3.63, 3.8) is 0 Å². The van der Waals surface area contributed by atoms with Crippen molar-refractivity contribution in [2.24, 2.45) is 0 Å². The van der Waals surface area contributed by atoms with Crippen LogP contribution in [0.3, 0.4) is 0 Å². The van der Waals surface area contributed by atoms with Gasteiger partial charge in [0, 0.05) is 71.4 Å². The number of benzene rings is 8. The third kappa shape index (κ3) is 32.7. The summed E-state index contributed by atoms with van der Waals surface area (Å²) in [6, 6.07) is 48.5. The lowest BCUT2D eigenvalue weighted by atomic mass is 9.96. The Morgan fingerprint density at radius 1 is 0.326 bits per heavy atom. The van der Waals surface area contributed by atoms with E-state index in [1.165, 1.54) is 108 Å². The molecule has 8 heteroatoms. The van der Waals surface area contributed by atoms with Gasteiger partial charge >= 0.3 is 0 Å². The topological polar surface area (TPSA) is 28.2 Å². The van der Waals surface area contributed by atoms with Crippen LogP contribution in [0.25, 0.3) is 0 Å². The smallest absolute Gasteiger partial charge is 0.122 e. The van der Waals surface area contributed by atoms with Crippen molar-refractivity contribution in [2.45, 2.75) is 157 Å². The van der Waals surface area contributed by atoms with Gasteiger partial charge in [0.05, 0.1) is 14.2 Å². The Hall–Kier alpha value is -7.41. The van der Waals surface area contributed by atoms with Gasteiger partial charge in [-0.15, -0.1) is 26.3 Å². The Morgan fingerprint density at radius 2 is 0.663 bits per heavy atom. The lowest BCUT2D eigenvalue weighted by Gasteiger charge is -2.25. The molecule has 0 heterocycles. The van der Waals surface area contributed by atoms with Crippen molar-refractivity contribution in [2.75, 3.05) is 68.2 Å². The van der Waals surface area contributed by atoms with Crippen LogP contribution in [-0.2, 0) is 0 Å². The summed E-state index contributed by atoms with van der Waals surface area (Å²) in [5, 5.41) is 2.41. The van der Waals surface area contributed by atoms with Crippen LogP contribution in [0.5, 0.6) is 11.5 Å². The first-order valence-electron chi connectivity index (χ1n) is 33.3. The molecule has 0 amide bonds. The zero-order valence-corrected chi connectivity index (χ0v) is 64.7. The zero-order valence-electron chi connectivity index (χ0n) is 62.4. The molecule has 95 heavy (non-hydrogen) atoms. The summed E-state index contributed by atoms with van der Waals surface area (Å²) in [4.78, 5) is 7.02. The van der Waals surface area contributed by atoms with Gasteiger partial charge in [-0.2, -0.15) is 0 Å². The zero-order chi connectivity index (χ0) is 71.9. The average Bonchev–Trinajstić information content (AvgIpc) is 1.93. The Labute approximate surface area is 594 Å². The molecule has 514 valence electrons. The largest absolute Gasteiger partial charge is 0.496 e. The second-order valence-corrected chi connectivity index (χ2v) is 26.1. The second kappa shape index (κ2) is 46.7. The van der Waals surface area contributed by atoms with Crippen molar-refractivity contribution in [3.8, 4) is 11.5 Å². The fourth-order valence-electron chi connectivity index (χ4n) is 10.3. The monoisotopic (exact) mass is 1340 g/mol. The summed E-state index contributed by atoms with van der Waals surface area (Å²) in [6.07, 6.45) is 10.1. The standard InChI is InChI=1S/C14H23N.2C14H19N.C11H16.2C9H12O.C8H8Cl2.C8H9Cl/c2*1-5-9-15(10-6-2)14-8-7-12(3)11-13(14)4;1-5-9-15(10-6-2)14-11-12(3)7-8-13(14)4;1-8(2)11-7-9(3)5-6-10(11)4;1-7-4-5-9(10-3)8(2)6-7;1-7-4-5-8(2)9(6-7)10-3;1-5-3-8(10)6(2)4-7(5)9;1-6-3-4-8(9)7(2)5-6/h7-8,11H,5-6,9-10H2,1-4H3;2*5-8,11H,1-2,9-10H2,3-4H3;5-8H,1-4H3;2*4-6H,1-3H3;3-4H,1-2H3;3-5H,1-2H3. The Morgan fingerprint density at radius 3 is 1.03 bits per heavy atom. The highest BCUT2D eigenvalue weighted by molar-refractivity contribution is 6.34. The summed E-state index contributed by atoms with van der Waals surface area (Å²) in [5.41, 5.74) is 25.5. The van der Waals surface area contributed by atoms with Crippen LogP contribution in [0, 0.1) is 111 Å². The Bertz CT molecular complexity index is 3520. The highest BCUT2D eigenvalue weighted by Crippen LogP contribution is 2.27. The fourth-order valence-corrected chi connectivity index (χ4v) is 10.9. The van der Waals surface area contributed by atoms with Gasteiger partial charge in [0.1, 0.15) is 11.5 Å². The molecule has 0 saturated heterocycles. The first-order chi connectivity index (χ1) is 44.9. The predicted octanol–water partition coefficient (Wildman–Crippen LogP) is 25.5. The quantitative estimate of drug-likeness (QED) is 0.0799. The van der Waals surface area contributed by atoms with Crippen LogP contribution < -0.4 is 24.2 Å². The number of methoxy groups -OCH3 is 2. The van der Waals surface area contributed by atoms with Gasteiger partial charge in [-0.05, 0) is 245 Å². The van der Waals surface area contributed by atoms with E-state index < -0.39 is 0 Å². The van der Waals surface area contributed by atoms with E-state index in [1.54, 1.807) is 14.2 Å². The molecular weight excluding hydrogens is 1230 g/mol. The van der Waals surface area contributed by atoms with Gasteiger partial charge in [-0.3, -0.25) is 0 Å². The van der Waals surface area contributed by atoms with Gasteiger partial charge in [-0.1, -0.05) is 206 Å². The first-order valence-corrected chi connectivity index (χ1v) is 34.4. The van der Waals surface area contributed by atoms with Crippen molar-refractivity contribution >= 4 is 51.9 Å². The highest BCUT2D eigenvalue weighted by Gasteiger charge is 2.10. The van der Waals surface area contributed by atoms with Crippen molar-refractivity contribution < 1.29 is 9.47 Å². The summed E-state index contributed by atoms with van der Waals surface area (Å²) >= 11 is 17.4. The number of hydrogen-bond acceptors (Lipinski definition) is 5. The van der Waals surface area contributed by atoms with Crippen LogP contribution in [0.4, 0.5) is 17.1 Å². The molecule has 0 atom stereocenters. The lowest BCUT2D eigenvalue weighted by molar-refractivity contribution is 0.411. The number of rotatable bonds is 18. The summed E-state index contributed by atoms with van der Waals surface area (Å²) < 4.78 is 10.2. The molecule has 0 aliphatic carbocycles. The summed E-state index contributed by atoms with van der Waals surface area (Å²) in [7, 11) is 3.39. The summed E-state index contributed by atoms with van der Waals surface area (Å²) in [5.74, 6) is 2.58. The normalized spacial score (nSPS) is 9.92. The minimum Gasteiger partial charge on any atom is -0.496 e. The van der Waals surface area contributed by atoms with Gasteiger partial charge in [0.2, 0.25) is 0 Å². The maximum Gasteiger partial charge on any atom is 0.122 e. The van der Waals surface area contributed by atoms with Gasteiger partial charge in [0.25, 0.3) is 0 Å². The van der Waals surface area contributed by atoms with Gasteiger partial charge < -0.3 is 24.2 Å². The SMILES string of the molecule is C=CCN(CC=C)c1cc(C)ccc1C.C=CCN(CC=C)c1ccc(C)cc1C.CCCN(CCC)c1ccc(C)cc1C.COc1cc(C)ccc1C.COc1ccc(C)cc1C.Cc1cc(Cl)c(C)cc1Cl.Cc1ccc(C)c(C(C)C)c1.Cc1ccc(Cl)c(C)c1. The maximum atomic E-state index is 5.83. The summed E-state index contributed by atoms with van der Waals surface area (Å²) in [6.45, 7) is 63.2. The minimum absolute atomic E-state index is 0.648. The van der Waals surface area contributed by atoms with Crippen molar-refractivity contribution in [1.82, 2.24) is 0 Å². The molecule has 0 aliphatic heterocycles. The van der Waals surface area contributed by atoms with E-state index in [9.17, 15) is 0 Å². The van der Waals surface area contributed by atoms with Crippen LogP contribution in [-0.4, -0.2) is 53.5 Å². The number of ether oxygens (including phenoxy) is 2. The average molecular weight is 1340 g/mol. The molecular formula is C87H118Cl3N3O2. The molecule has 0 bridgehead atoms. The molecule has 5 nitrogen and oxygen atoms in total. The lowest BCUT2D eigenvalue weighted by Crippen LogP contribution is -2.25. The van der Waals surface area contributed by atoms with Gasteiger partial charge in [0.15, 0.2) is 0 Å². The Kier molecular flexibility index (Phi) is 42.0. The van der Waals surface area contributed by atoms with Crippen LogP contribution >= 0.6 is 34.8 Å². The van der Waals surface area contributed by atoms with Crippen molar-refractivity contribution in [3.05, 3.63) is 300 Å². The molecule has 0 aromatic heterocycles. The molecule has 0 aliphatic rings. The molecule has 8 aromatic rings. The van der Waals surface area contributed by atoms with E-state index in [-0.39, 0.29) is 0 Å². The highest BCUT2D eigenvalue weighted by atomic mass is 35.5. The third-order valence-electron chi connectivity index (χ3n) is 15.4. The Balaban J connectivity index is 0.000000547. The predicted molar refractivity (Wildman–Crippen MR) is 428 cm³/mol. The van der Waals surface area contributed by atoms with E-state index in [0.717, 1.165) is 82.5 Å². The van der Waals surface area contributed by atoms with E-state index in [2.05, 4.69) is 242 Å².